The molecule has 0 unspecified atom stereocenters. The Morgan fingerprint density at radius 3 is 2.65 bits per heavy atom. The van der Waals surface area contributed by atoms with Crippen molar-refractivity contribution in [3.63, 3.8) is 0 Å². The van der Waals surface area contributed by atoms with E-state index in [1.807, 2.05) is 0 Å². The van der Waals surface area contributed by atoms with E-state index in [-0.39, 0.29) is 0 Å². The van der Waals surface area contributed by atoms with Crippen molar-refractivity contribution in [2.24, 2.45) is 5.73 Å². The number of hydrogen-bond acceptors (Lipinski definition) is 2. The Labute approximate surface area is 109 Å². The largest absolute Gasteiger partial charge is 0.389 e. The first-order valence-corrected chi connectivity index (χ1v) is 6.74. The summed E-state index contributed by atoms with van der Waals surface area (Å²) in [6.45, 7) is 2.06. The number of hydrogen-bond donors (Lipinski definition) is 2. The van der Waals surface area contributed by atoms with Crippen molar-refractivity contribution in [1.29, 1.82) is 0 Å². The maximum atomic E-state index is 5.78. The van der Waals surface area contributed by atoms with Gasteiger partial charge < -0.3 is 11.1 Å². The summed E-state index contributed by atoms with van der Waals surface area (Å²) in [7, 11) is 0. The fourth-order valence-electron chi connectivity index (χ4n) is 2.45. The zero-order valence-corrected chi connectivity index (χ0v) is 11.1. The monoisotopic (exact) mass is 248 g/mol. The van der Waals surface area contributed by atoms with Crippen molar-refractivity contribution >= 4 is 22.9 Å². The lowest BCUT2D eigenvalue weighted by atomic mass is 9.95. The van der Waals surface area contributed by atoms with Crippen LogP contribution < -0.4 is 11.1 Å². The molecule has 0 bridgehead atoms. The lowest BCUT2D eigenvalue weighted by molar-refractivity contribution is 0.462. The van der Waals surface area contributed by atoms with Crippen LogP contribution in [0.15, 0.2) is 18.2 Å². The highest BCUT2D eigenvalue weighted by molar-refractivity contribution is 7.80. The Bertz CT molecular complexity index is 409. The number of nitrogens with two attached hydrogens (primary N) is 1. The Hall–Kier alpha value is -1.09. The standard InChI is InChI=1S/C14H20N2S/c1-10-7-8-13(12(9-10)14(15)17)16-11-5-3-2-4-6-11/h7-9,11,16H,2-6H2,1H3,(H2,15,17). The van der Waals surface area contributed by atoms with Gasteiger partial charge in [-0.1, -0.05) is 43.1 Å². The highest BCUT2D eigenvalue weighted by atomic mass is 32.1. The number of rotatable bonds is 3. The van der Waals surface area contributed by atoms with Crippen molar-refractivity contribution in [2.75, 3.05) is 5.32 Å². The molecule has 0 aliphatic heterocycles. The van der Waals surface area contributed by atoms with Crippen LogP contribution in [0.25, 0.3) is 0 Å². The molecule has 0 amide bonds. The number of nitrogens with one attached hydrogen (secondary N) is 1. The highest BCUT2D eigenvalue weighted by Crippen LogP contribution is 2.24. The van der Waals surface area contributed by atoms with Crippen molar-refractivity contribution in [2.45, 2.75) is 45.1 Å². The first-order valence-electron chi connectivity index (χ1n) is 6.34. The van der Waals surface area contributed by atoms with Gasteiger partial charge in [-0.2, -0.15) is 0 Å². The molecule has 17 heavy (non-hydrogen) atoms. The number of thiocarbonyl (C=S) groups is 1. The van der Waals surface area contributed by atoms with Crippen molar-refractivity contribution in [3.8, 4) is 0 Å². The molecule has 2 rings (SSSR count). The van der Waals surface area contributed by atoms with Crippen LogP contribution in [0.2, 0.25) is 0 Å². The first-order chi connectivity index (χ1) is 8.16. The third-order valence-corrected chi connectivity index (χ3v) is 3.63. The molecule has 0 aromatic heterocycles. The van der Waals surface area contributed by atoms with Gasteiger partial charge in [0, 0.05) is 17.3 Å². The molecule has 3 N–H and O–H groups in total. The summed E-state index contributed by atoms with van der Waals surface area (Å²) in [5, 5.41) is 3.59. The average molecular weight is 248 g/mol. The fourth-order valence-corrected chi connectivity index (χ4v) is 2.62. The van der Waals surface area contributed by atoms with E-state index in [2.05, 4.69) is 30.4 Å². The van der Waals surface area contributed by atoms with E-state index < -0.39 is 0 Å². The van der Waals surface area contributed by atoms with Gasteiger partial charge in [-0.05, 0) is 31.9 Å². The third-order valence-electron chi connectivity index (χ3n) is 3.41. The zero-order chi connectivity index (χ0) is 12.3. The Balaban J connectivity index is 2.16. The van der Waals surface area contributed by atoms with E-state index >= 15 is 0 Å². The molecule has 0 radical (unpaired) electrons. The second-order valence-electron chi connectivity index (χ2n) is 4.89. The van der Waals surface area contributed by atoms with Crippen LogP contribution in [0, 0.1) is 6.92 Å². The van der Waals surface area contributed by atoms with E-state index in [0.29, 0.717) is 11.0 Å². The second kappa shape index (κ2) is 5.50. The van der Waals surface area contributed by atoms with Gasteiger partial charge in [-0.25, -0.2) is 0 Å². The van der Waals surface area contributed by atoms with Crippen molar-refractivity contribution < 1.29 is 0 Å². The lowest BCUT2D eigenvalue weighted by Gasteiger charge is -2.25. The summed E-state index contributed by atoms with van der Waals surface area (Å²) in [6, 6.07) is 6.85. The molecule has 3 heteroatoms. The van der Waals surface area contributed by atoms with Gasteiger partial charge in [-0.3, -0.25) is 0 Å². The molecule has 0 saturated heterocycles. The van der Waals surface area contributed by atoms with Gasteiger partial charge in [0.15, 0.2) is 0 Å². The molecule has 0 atom stereocenters. The maximum absolute atomic E-state index is 5.78. The van der Waals surface area contributed by atoms with Gasteiger partial charge in [0.2, 0.25) is 0 Å². The molecule has 0 heterocycles. The predicted octanol–water partition coefficient (Wildman–Crippen LogP) is 3.37. The summed E-state index contributed by atoms with van der Waals surface area (Å²) in [5.74, 6) is 0. The van der Waals surface area contributed by atoms with Crippen LogP contribution in [0.4, 0.5) is 5.69 Å². The van der Waals surface area contributed by atoms with Crippen LogP contribution in [-0.2, 0) is 0 Å². The molecule has 1 fully saturated rings. The minimum atomic E-state index is 0.479. The molecule has 1 aliphatic carbocycles. The molecule has 1 aliphatic rings. The number of aryl methyl sites for hydroxylation is 1. The summed E-state index contributed by atoms with van der Waals surface area (Å²) in [5.41, 5.74) is 9.05. The highest BCUT2D eigenvalue weighted by Gasteiger charge is 2.15. The van der Waals surface area contributed by atoms with Gasteiger partial charge in [0.05, 0.1) is 0 Å². The zero-order valence-electron chi connectivity index (χ0n) is 10.3. The van der Waals surface area contributed by atoms with Gasteiger partial charge >= 0.3 is 0 Å². The average Bonchev–Trinajstić information content (AvgIpc) is 2.32. The van der Waals surface area contributed by atoms with Crippen molar-refractivity contribution in [1.82, 2.24) is 0 Å². The molecule has 92 valence electrons. The molecule has 1 saturated carbocycles. The Kier molecular flexibility index (Phi) is 4.00. The van der Waals surface area contributed by atoms with Crippen LogP contribution in [-0.4, -0.2) is 11.0 Å². The van der Waals surface area contributed by atoms with Gasteiger partial charge in [-0.15, -0.1) is 0 Å². The normalized spacial score (nSPS) is 16.8. The fraction of sp³-hybridized carbons (Fsp3) is 0.500. The summed E-state index contributed by atoms with van der Waals surface area (Å²) >= 11 is 5.11. The van der Waals surface area contributed by atoms with E-state index in [0.717, 1.165) is 11.3 Å². The first kappa shape index (κ1) is 12.4. The second-order valence-corrected chi connectivity index (χ2v) is 5.33. The predicted molar refractivity (Wildman–Crippen MR) is 77.6 cm³/mol. The van der Waals surface area contributed by atoms with Crippen LogP contribution >= 0.6 is 12.2 Å². The lowest BCUT2D eigenvalue weighted by Crippen LogP contribution is -2.24. The Morgan fingerprint density at radius 2 is 2.00 bits per heavy atom. The molecule has 0 spiro atoms. The van der Waals surface area contributed by atoms with E-state index in [9.17, 15) is 0 Å². The molecular weight excluding hydrogens is 228 g/mol. The minimum absolute atomic E-state index is 0.479. The topological polar surface area (TPSA) is 38.0 Å². The number of benzene rings is 1. The number of anilines is 1. The molecule has 2 nitrogen and oxygen atoms in total. The van der Waals surface area contributed by atoms with Crippen LogP contribution in [0.5, 0.6) is 0 Å². The van der Waals surface area contributed by atoms with E-state index in [4.69, 9.17) is 18.0 Å². The third kappa shape index (κ3) is 3.19. The summed E-state index contributed by atoms with van der Waals surface area (Å²) in [4.78, 5) is 0.479. The van der Waals surface area contributed by atoms with Crippen LogP contribution in [0.3, 0.4) is 0 Å². The van der Waals surface area contributed by atoms with Crippen molar-refractivity contribution in [3.05, 3.63) is 29.3 Å². The van der Waals surface area contributed by atoms with Crippen LogP contribution in [0.1, 0.15) is 43.2 Å². The van der Waals surface area contributed by atoms with Gasteiger partial charge in [0.25, 0.3) is 0 Å². The summed E-state index contributed by atoms with van der Waals surface area (Å²) < 4.78 is 0. The molecule has 1 aromatic rings. The smallest absolute Gasteiger partial charge is 0.106 e. The maximum Gasteiger partial charge on any atom is 0.106 e. The van der Waals surface area contributed by atoms with E-state index in [1.54, 1.807) is 0 Å². The van der Waals surface area contributed by atoms with E-state index in [1.165, 1.54) is 37.7 Å². The SMILES string of the molecule is Cc1ccc(NC2CCCCC2)c(C(N)=S)c1. The van der Waals surface area contributed by atoms with Gasteiger partial charge in [0.1, 0.15) is 4.99 Å². The Morgan fingerprint density at radius 1 is 1.29 bits per heavy atom. The minimum Gasteiger partial charge on any atom is -0.389 e. The summed E-state index contributed by atoms with van der Waals surface area (Å²) in [6.07, 6.45) is 6.53. The molecular formula is C14H20N2S. The quantitative estimate of drug-likeness (QED) is 0.805. The molecule has 1 aromatic carbocycles.